The Balaban J connectivity index is 1.83. The maximum atomic E-state index is 11.3. The van der Waals surface area contributed by atoms with E-state index >= 15 is 0 Å². The number of methoxy groups -OCH3 is 1. The van der Waals surface area contributed by atoms with Crippen molar-refractivity contribution in [2.45, 2.75) is 0 Å². The Morgan fingerprint density at radius 3 is 2.71 bits per heavy atom. The van der Waals surface area contributed by atoms with Crippen molar-refractivity contribution < 1.29 is 14.6 Å². The molecule has 0 atom stereocenters. The van der Waals surface area contributed by atoms with Crippen LogP contribution in [-0.4, -0.2) is 32.8 Å². The molecule has 106 valence electrons. The summed E-state index contributed by atoms with van der Waals surface area (Å²) in [6.07, 6.45) is 1.47. The van der Waals surface area contributed by atoms with Gasteiger partial charge in [-0.3, -0.25) is 0 Å². The van der Waals surface area contributed by atoms with Crippen molar-refractivity contribution in [2.75, 3.05) is 12.4 Å². The molecular formula is C14H12N4O3. The van der Waals surface area contributed by atoms with Crippen LogP contribution >= 0.6 is 0 Å². The summed E-state index contributed by atoms with van der Waals surface area (Å²) in [7, 11) is 1.34. The second kappa shape index (κ2) is 5.12. The molecule has 1 aromatic carbocycles. The van der Waals surface area contributed by atoms with Crippen LogP contribution in [0.2, 0.25) is 0 Å². The third-order valence-electron chi connectivity index (χ3n) is 2.88. The highest BCUT2D eigenvalue weighted by molar-refractivity contribution is 5.89. The van der Waals surface area contributed by atoms with E-state index in [0.717, 1.165) is 5.69 Å². The van der Waals surface area contributed by atoms with E-state index in [2.05, 4.69) is 20.1 Å². The molecule has 0 saturated heterocycles. The van der Waals surface area contributed by atoms with Crippen LogP contribution in [0.5, 0.6) is 5.75 Å². The predicted molar refractivity (Wildman–Crippen MR) is 75.7 cm³/mol. The molecule has 0 amide bonds. The van der Waals surface area contributed by atoms with Gasteiger partial charge in [-0.2, -0.15) is 4.98 Å². The predicted octanol–water partition coefficient (Wildman–Crippen LogP) is 1.97. The number of nitrogens with zero attached hydrogens (tertiary/aromatic N) is 3. The minimum atomic E-state index is -0.386. The number of fused-ring (bicyclic) bond motifs is 1. The lowest BCUT2D eigenvalue weighted by Gasteiger charge is -2.03. The first kappa shape index (κ1) is 12.9. The number of carbonyl (C=O) groups excluding carboxylic acids is 1. The maximum Gasteiger partial charge on any atom is 0.337 e. The van der Waals surface area contributed by atoms with Gasteiger partial charge in [0.2, 0.25) is 5.95 Å². The molecular weight excluding hydrogens is 272 g/mol. The van der Waals surface area contributed by atoms with E-state index in [-0.39, 0.29) is 11.7 Å². The van der Waals surface area contributed by atoms with Gasteiger partial charge in [0.25, 0.3) is 0 Å². The summed E-state index contributed by atoms with van der Waals surface area (Å²) in [5.41, 5.74) is 1.82. The number of ether oxygens (including phenoxy) is 1. The number of rotatable bonds is 3. The van der Waals surface area contributed by atoms with Crippen LogP contribution in [0.4, 0.5) is 11.6 Å². The summed E-state index contributed by atoms with van der Waals surface area (Å²) in [6.45, 7) is 0. The zero-order chi connectivity index (χ0) is 14.8. The standard InChI is InChI=1S/C14H12N4O3/c1-21-13(20)9-2-4-10(5-3-9)15-14-16-12-7-6-11(19)8-18(12)17-14/h2-8,19H,1H3,(H,15,17). The Morgan fingerprint density at radius 2 is 2.00 bits per heavy atom. The van der Waals surface area contributed by atoms with Gasteiger partial charge < -0.3 is 15.2 Å². The molecule has 7 nitrogen and oxygen atoms in total. The van der Waals surface area contributed by atoms with E-state index in [1.165, 1.54) is 17.8 Å². The summed E-state index contributed by atoms with van der Waals surface area (Å²) in [4.78, 5) is 15.6. The number of aromatic hydroxyl groups is 1. The molecule has 0 saturated carbocycles. The second-order valence-electron chi connectivity index (χ2n) is 4.32. The molecule has 0 radical (unpaired) electrons. The number of pyridine rings is 1. The minimum absolute atomic E-state index is 0.112. The lowest BCUT2D eigenvalue weighted by molar-refractivity contribution is 0.0601. The average molecular weight is 284 g/mol. The molecule has 0 aliphatic heterocycles. The number of benzene rings is 1. The zero-order valence-corrected chi connectivity index (χ0v) is 11.1. The van der Waals surface area contributed by atoms with E-state index in [9.17, 15) is 9.90 Å². The molecule has 3 rings (SSSR count). The molecule has 2 heterocycles. The van der Waals surface area contributed by atoms with E-state index in [1.54, 1.807) is 36.4 Å². The summed E-state index contributed by atoms with van der Waals surface area (Å²) in [5.74, 6) is 0.121. The number of carbonyl (C=O) groups is 1. The highest BCUT2D eigenvalue weighted by Crippen LogP contribution is 2.17. The largest absolute Gasteiger partial charge is 0.506 e. The zero-order valence-electron chi connectivity index (χ0n) is 11.1. The normalized spacial score (nSPS) is 10.5. The van der Waals surface area contributed by atoms with Gasteiger partial charge in [0.05, 0.1) is 18.9 Å². The topological polar surface area (TPSA) is 88.8 Å². The number of aromatic nitrogens is 3. The van der Waals surface area contributed by atoms with E-state index in [4.69, 9.17) is 0 Å². The van der Waals surface area contributed by atoms with Crippen LogP contribution in [-0.2, 0) is 4.74 Å². The smallest absolute Gasteiger partial charge is 0.337 e. The fraction of sp³-hybridized carbons (Fsp3) is 0.0714. The monoisotopic (exact) mass is 284 g/mol. The van der Waals surface area contributed by atoms with Crippen molar-refractivity contribution in [1.29, 1.82) is 0 Å². The van der Waals surface area contributed by atoms with Crippen molar-refractivity contribution >= 4 is 23.3 Å². The minimum Gasteiger partial charge on any atom is -0.506 e. The Labute approximate surface area is 119 Å². The van der Waals surface area contributed by atoms with Crippen molar-refractivity contribution in [3.05, 3.63) is 48.2 Å². The maximum absolute atomic E-state index is 11.3. The van der Waals surface area contributed by atoms with Gasteiger partial charge in [-0.1, -0.05) is 0 Å². The first-order chi connectivity index (χ1) is 10.2. The molecule has 2 N–H and O–H groups in total. The fourth-order valence-corrected chi connectivity index (χ4v) is 1.86. The van der Waals surface area contributed by atoms with Gasteiger partial charge in [0.15, 0.2) is 5.65 Å². The molecule has 0 spiro atoms. The van der Waals surface area contributed by atoms with Crippen molar-refractivity contribution in [3.63, 3.8) is 0 Å². The van der Waals surface area contributed by atoms with Crippen LogP contribution in [0, 0.1) is 0 Å². The van der Waals surface area contributed by atoms with Gasteiger partial charge >= 0.3 is 5.97 Å². The SMILES string of the molecule is COC(=O)c1ccc(Nc2nc3ccc(O)cn3n2)cc1. The van der Waals surface area contributed by atoms with Crippen LogP contribution in [0.1, 0.15) is 10.4 Å². The quantitative estimate of drug-likeness (QED) is 0.715. The van der Waals surface area contributed by atoms with Crippen molar-refractivity contribution in [3.8, 4) is 5.75 Å². The number of hydrogen-bond acceptors (Lipinski definition) is 6. The summed E-state index contributed by atoms with van der Waals surface area (Å²) < 4.78 is 6.11. The number of esters is 1. The molecule has 0 fully saturated rings. The molecule has 0 unspecified atom stereocenters. The fourth-order valence-electron chi connectivity index (χ4n) is 1.86. The Bertz CT molecular complexity index is 796. The molecule has 2 aromatic heterocycles. The molecule has 0 aliphatic carbocycles. The van der Waals surface area contributed by atoms with E-state index in [0.29, 0.717) is 17.2 Å². The van der Waals surface area contributed by atoms with Crippen LogP contribution in [0.3, 0.4) is 0 Å². The lowest BCUT2D eigenvalue weighted by atomic mass is 10.2. The number of anilines is 2. The van der Waals surface area contributed by atoms with Gasteiger partial charge in [0, 0.05) is 5.69 Å². The van der Waals surface area contributed by atoms with Crippen LogP contribution in [0.15, 0.2) is 42.6 Å². The Hall–Kier alpha value is -3.09. The molecule has 3 aromatic rings. The van der Waals surface area contributed by atoms with Crippen LogP contribution in [0.25, 0.3) is 5.65 Å². The molecule has 0 aliphatic rings. The van der Waals surface area contributed by atoms with E-state index in [1.807, 2.05) is 0 Å². The van der Waals surface area contributed by atoms with Gasteiger partial charge in [-0.05, 0) is 36.4 Å². The highest BCUT2D eigenvalue weighted by atomic mass is 16.5. The third-order valence-corrected chi connectivity index (χ3v) is 2.88. The molecule has 0 bridgehead atoms. The Kier molecular flexibility index (Phi) is 3.15. The number of nitrogens with one attached hydrogen (secondary N) is 1. The van der Waals surface area contributed by atoms with Gasteiger partial charge in [0.1, 0.15) is 5.75 Å². The lowest BCUT2D eigenvalue weighted by Crippen LogP contribution is -2.01. The summed E-state index contributed by atoms with van der Waals surface area (Å²) in [6, 6.07) is 9.96. The summed E-state index contributed by atoms with van der Waals surface area (Å²) in [5, 5.41) is 16.6. The van der Waals surface area contributed by atoms with Crippen LogP contribution < -0.4 is 5.32 Å². The first-order valence-corrected chi connectivity index (χ1v) is 6.16. The van der Waals surface area contributed by atoms with Gasteiger partial charge in [-0.25, -0.2) is 9.31 Å². The average Bonchev–Trinajstić information content (AvgIpc) is 2.88. The second-order valence-corrected chi connectivity index (χ2v) is 4.32. The molecule has 21 heavy (non-hydrogen) atoms. The third kappa shape index (κ3) is 2.62. The van der Waals surface area contributed by atoms with Crippen molar-refractivity contribution in [2.24, 2.45) is 0 Å². The first-order valence-electron chi connectivity index (χ1n) is 6.16. The number of hydrogen-bond donors (Lipinski definition) is 2. The Morgan fingerprint density at radius 1 is 1.24 bits per heavy atom. The van der Waals surface area contributed by atoms with E-state index < -0.39 is 0 Å². The highest BCUT2D eigenvalue weighted by Gasteiger charge is 2.07. The van der Waals surface area contributed by atoms with Crippen molar-refractivity contribution in [1.82, 2.24) is 14.6 Å². The molecule has 7 heteroatoms. The summed E-state index contributed by atoms with van der Waals surface area (Å²) >= 11 is 0. The van der Waals surface area contributed by atoms with Gasteiger partial charge in [-0.15, -0.1) is 5.10 Å².